The molecule has 3 nitrogen and oxygen atoms in total. The van der Waals surface area contributed by atoms with Gasteiger partial charge in [0.2, 0.25) is 5.91 Å². The molecule has 1 rings (SSSR count). The first-order valence-electron chi connectivity index (χ1n) is 6.35. The highest BCUT2D eigenvalue weighted by Crippen LogP contribution is 2.33. The molecule has 0 unspecified atom stereocenters. The second kappa shape index (κ2) is 7.88. The third-order valence-corrected chi connectivity index (χ3v) is 2.69. The second-order valence-electron chi connectivity index (χ2n) is 4.29. The zero-order valence-electron chi connectivity index (χ0n) is 11.5. The van der Waals surface area contributed by atoms with Crippen molar-refractivity contribution in [1.82, 2.24) is 5.32 Å². The highest BCUT2D eigenvalue weighted by atomic mass is 19.3. The SMILES string of the molecule is C=CC(=O)NCCCCOC(F)(F)c1ccc(F)c(F)c1F. The highest BCUT2D eigenvalue weighted by molar-refractivity contribution is 5.86. The van der Waals surface area contributed by atoms with Crippen LogP contribution in [0.15, 0.2) is 24.8 Å². The van der Waals surface area contributed by atoms with Gasteiger partial charge in [-0.05, 0) is 31.1 Å². The molecular formula is C14H14F5NO2. The average Bonchev–Trinajstić information content (AvgIpc) is 2.47. The normalized spacial score (nSPS) is 11.3. The van der Waals surface area contributed by atoms with Crippen molar-refractivity contribution in [3.63, 3.8) is 0 Å². The van der Waals surface area contributed by atoms with Crippen molar-refractivity contribution in [1.29, 1.82) is 0 Å². The van der Waals surface area contributed by atoms with Crippen molar-refractivity contribution in [2.24, 2.45) is 0 Å². The van der Waals surface area contributed by atoms with Crippen LogP contribution in [0.5, 0.6) is 0 Å². The Morgan fingerprint density at radius 3 is 2.55 bits per heavy atom. The lowest BCUT2D eigenvalue weighted by Gasteiger charge is -2.18. The lowest BCUT2D eigenvalue weighted by atomic mass is 10.2. The average molecular weight is 323 g/mol. The van der Waals surface area contributed by atoms with Crippen molar-refractivity contribution in [3.8, 4) is 0 Å². The Balaban J connectivity index is 2.49. The minimum atomic E-state index is -4.08. The van der Waals surface area contributed by atoms with Gasteiger partial charge in [0.05, 0.1) is 12.2 Å². The molecule has 8 heteroatoms. The lowest BCUT2D eigenvalue weighted by molar-refractivity contribution is -0.250. The number of rotatable bonds is 8. The van der Waals surface area contributed by atoms with E-state index in [2.05, 4.69) is 16.6 Å². The molecule has 1 aromatic rings. The summed E-state index contributed by atoms with van der Waals surface area (Å²) in [6, 6.07) is 0.827. The molecule has 1 N–H and O–H groups in total. The predicted octanol–water partition coefficient (Wildman–Crippen LogP) is 3.25. The molecule has 122 valence electrons. The number of carbonyl (C=O) groups excluding carboxylic acids is 1. The predicted molar refractivity (Wildman–Crippen MR) is 68.6 cm³/mol. The van der Waals surface area contributed by atoms with Crippen molar-refractivity contribution in [3.05, 3.63) is 47.8 Å². The van der Waals surface area contributed by atoms with Gasteiger partial charge in [-0.25, -0.2) is 13.2 Å². The number of alkyl halides is 2. The zero-order chi connectivity index (χ0) is 16.8. The van der Waals surface area contributed by atoms with Crippen LogP contribution in [0, 0.1) is 17.5 Å². The Kier molecular flexibility index (Phi) is 6.48. The topological polar surface area (TPSA) is 38.3 Å². The Hall–Kier alpha value is -1.96. The van der Waals surface area contributed by atoms with Crippen LogP contribution in [-0.2, 0) is 15.6 Å². The molecule has 1 aromatic carbocycles. The van der Waals surface area contributed by atoms with Crippen molar-refractivity contribution in [2.75, 3.05) is 13.2 Å². The number of unbranched alkanes of at least 4 members (excludes halogenated alkanes) is 1. The molecule has 0 saturated carbocycles. The quantitative estimate of drug-likeness (QED) is 0.345. The van der Waals surface area contributed by atoms with Crippen molar-refractivity contribution in [2.45, 2.75) is 19.0 Å². The summed E-state index contributed by atoms with van der Waals surface area (Å²) in [6.45, 7) is 3.02. The molecule has 0 spiro atoms. The molecule has 0 aliphatic carbocycles. The zero-order valence-corrected chi connectivity index (χ0v) is 11.5. The van der Waals surface area contributed by atoms with Gasteiger partial charge in [-0.15, -0.1) is 0 Å². The van der Waals surface area contributed by atoms with Crippen LogP contribution in [0.2, 0.25) is 0 Å². The largest absolute Gasteiger partial charge is 0.386 e. The van der Waals surface area contributed by atoms with E-state index in [-0.39, 0.29) is 13.0 Å². The Morgan fingerprint density at radius 2 is 1.91 bits per heavy atom. The smallest absolute Gasteiger partial charge is 0.353 e. The number of halogens is 5. The van der Waals surface area contributed by atoms with Gasteiger partial charge in [0, 0.05) is 6.54 Å². The maximum Gasteiger partial charge on any atom is 0.386 e. The van der Waals surface area contributed by atoms with E-state index < -0.39 is 41.6 Å². The second-order valence-corrected chi connectivity index (χ2v) is 4.29. The Bertz CT molecular complexity index is 548. The number of hydrogen-bond donors (Lipinski definition) is 1. The van der Waals surface area contributed by atoms with Crippen LogP contribution in [0.25, 0.3) is 0 Å². The third-order valence-electron chi connectivity index (χ3n) is 2.69. The molecule has 0 aromatic heterocycles. The number of nitrogens with one attached hydrogen (secondary N) is 1. The van der Waals surface area contributed by atoms with Gasteiger partial charge in [-0.2, -0.15) is 8.78 Å². The summed E-state index contributed by atoms with van der Waals surface area (Å²) in [5, 5.41) is 2.43. The fraction of sp³-hybridized carbons (Fsp3) is 0.357. The molecule has 0 saturated heterocycles. The van der Waals surface area contributed by atoms with Gasteiger partial charge in [-0.3, -0.25) is 4.79 Å². The molecule has 0 fully saturated rings. The van der Waals surface area contributed by atoms with Crippen LogP contribution in [0.1, 0.15) is 18.4 Å². The number of benzene rings is 1. The Morgan fingerprint density at radius 1 is 1.23 bits per heavy atom. The molecule has 0 heterocycles. The summed E-state index contributed by atoms with van der Waals surface area (Å²) in [5.41, 5.74) is -1.37. The molecule has 0 radical (unpaired) electrons. The van der Waals surface area contributed by atoms with Crippen molar-refractivity contribution >= 4 is 5.91 Å². The molecule has 22 heavy (non-hydrogen) atoms. The van der Waals surface area contributed by atoms with Crippen LogP contribution in [0.4, 0.5) is 22.0 Å². The first-order chi connectivity index (χ1) is 10.3. The van der Waals surface area contributed by atoms with Crippen LogP contribution in [0.3, 0.4) is 0 Å². The number of ether oxygens (including phenoxy) is 1. The molecule has 0 bridgehead atoms. The summed E-state index contributed by atoms with van der Waals surface area (Å²) < 4.78 is 70.3. The monoisotopic (exact) mass is 323 g/mol. The first-order valence-corrected chi connectivity index (χ1v) is 6.35. The number of carbonyl (C=O) groups is 1. The molecule has 1 amide bonds. The van der Waals surface area contributed by atoms with Crippen LogP contribution in [-0.4, -0.2) is 19.1 Å². The summed E-state index contributed by atoms with van der Waals surface area (Å²) >= 11 is 0. The van der Waals surface area contributed by atoms with E-state index in [4.69, 9.17) is 0 Å². The Labute approximate surface area is 123 Å². The summed E-state index contributed by atoms with van der Waals surface area (Å²) in [5.74, 6) is -5.92. The molecule has 0 atom stereocenters. The van der Waals surface area contributed by atoms with E-state index in [0.717, 1.165) is 6.08 Å². The van der Waals surface area contributed by atoms with E-state index in [1.807, 2.05) is 0 Å². The molecular weight excluding hydrogens is 309 g/mol. The van der Waals surface area contributed by atoms with E-state index >= 15 is 0 Å². The van der Waals surface area contributed by atoms with Gasteiger partial charge in [0.1, 0.15) is 0 Å². The molecule has 0 aliphatic rings. The van der Waals surface area contributed by atoms with E-state index in [1.54, 1.807) is 0 Å². The summed E-state index contributed by atoms with van der Waals surface area (Å²) in [4.78, 5) is 10.8. The van der Waals surface area contributed by atoms with E-state index in [9.17, 15) is 26.7 Å². The summed E-state index contributed by atoms with van der Waals surface area (Å²) in [7, 11) is 0. The van der Waals surface area contributed by atoms with Gasteiger partial charge in [0.15, 0.2) is 17.5 Å². The van der Waals surface area contributed by atoms with Crippen LogP contribution >= 0.6 is 0 Å². The maximum absolute atomic E-state index is 13.6. The lowest BCUT2D eigenvalue weighted by Crippen LogP contribution is -2.24. The maximum atomic E-state index is 13.6. The van der Waals surface area contributed by atoms with E-state index in [0.29, 0.717) is 18.6 Å². The minimum Gasteiger partial charge on any atom is -0.353 e. The fourth-order valence-electron chi connectivity index (χ4n) is 1.54. The first kappa shape index (κ1) is 18.1. The van der Waals surface area contributed by atoms with Crippen LogP contribution < -0.4 is 5.32 Å². The van der Waals surface area contributed by atoms with Gasteiger partial charge in [0.25, 0.3) is 0 Å². The third kappa shape index (κ3) is 4.80. The standard InChI is InChI=1S/C14H14F5NO2/c1-2-11(21)20-7-3-4-8-22-14(18,19)9-5-6-10(15)13(17)12(9)16/h2,5-6H,1,3-4,7-8H2,(H,20,21). The van der Waals surface area contributed by atoms with E-state index in [1.165, 1.54) is 0 Å². The number of hydrogen-bond acceptors (Lipinski definition) is 2. The minimum absolute atomic E-state index is 0.151. The van der Waals surface area contributed by atoms with Crippen molar-refractivity contribution < 1.29 is 31.5 Å². The number of amides is 1. The van der Waals surface area contributed by atoms with Gasteiger partial charge in [-0.1, -0.05) is 6.58 Å². The fourth-order valence-corrected chi connectivity index (χ4v) is 1.54. The van der Waals surface area contributed by atoms with Gasteiger partial charge >= 0.3 is 6.11 Å². The molecule has 0 aliphatic heterocycles. The summed E-state index contributed by atoms with van der Waals surface area (Å²) in [6.07, 6.45) is -2.52. The van der Waals surface area contributed by atoms with Gasteiger partial charge < -0.3 is 10.1 Å². The highest BCUT2D eigenvalue weighted by Gasteiger charge is 2.37.